The van der Waals surface area contributed by atoms with Crippen molar-refractivity contribution in [1.29, 1.82) is 0 Å². The molecule has 350 valence electrons. The molecule has 3 aliphatic carbocycles. The topological polar surface area (TPSA) is 169 Å². The van der Waals surface area contributed by atoms with Crippen molar-refractivity contribution in [2.24, 2.45) is 53.3 Å². The first-order valence-corrected chi connectivity index (χ1v) is 24.0. The summed E-state index contributed by atoms with van der Waals surface area (Å²) in [4.78, 5) is 78.5. The maximum absolute atomic E-state index is 12.8. The summed E-state index contributed by atoms with van der Waals surface area (Å²) in [6, 6.07) is 0. The van der Waals surface area contributed by atoms with Crippen LogP contribution in [-0.4, -0.2) is 98.1 Å². The molecule has 3 aliphatic rings. The molecule has 3 fully saturated rings. The fraction of sp³-hybridized carbons (Fsp3) is 0.875. The Morgan fingerprint density at radius 1 is 0.443 bits per heavy atom. The van der Waals surface area contributed by atoms with Gasteiger partial charge >= 0.3 is 17.9 Å². The van der Waals surface area contributed by atoms with E-state index in [1.807, 2.05) is 4.90 Å². The van der Waals surface area contributed by atoms with E-state index in [1.165, 1.54) is 0 Å². The first-order chi connectivity index (χ1) is 28.9. The van der Waals surface area contributed by atoms with E-state index in [4.69, 9.17) is 14.2 Å². The average Bonchev–Trinajstić information content (AvgIpc) is 3.18. The highest BCUT2D eigenvalue weighted by Crippen LogP contribution is 2.37. The van der Waals surface area contributed by atoms with Gasteiger partial charge in [-0.3, -0.25) is 33.7 Å². The van der Waals surface area contributed by atoms with Gasteiger partial charge in [0, 0.05) is 58.5 Å². The number of ether oxygens (including phenoxy) is 3. The van der Waals surface area contributed by atoms with Gasteiger partial charge in [0.1, 0.15) is 18.3 Å². The molecule has 61 heavy (non-hydrogen) atoms. The van der Waals surface area contributed by atoms with Crippen LogP contribution < -0.4 is 16.0 Å². The number of carbonyl (C=O) groups excluding carboxylic acids is 6. The molecule has 0 unspecified atom stereocenters. The summed E-state index contributed by atoms with van der Waals surface area (Å²) in [5.74, 6) is 2.01. The van der Waals surface area contributed by atoms with E-state index in [1.54, 1.807) is 0 Å². The molecule has 0 radical (unpaired) electrons. The number of amides is 3. The first-order valence-electron chi connectivity index (χ1n) is 24.0. The Bertz CT molecular complexity index is 1230. The lowest BCUT2D eigenvalue weighted by molar-refractivity contribution is -0.157. The van der Waals surface area contributed by atoms with Crippen LogP contribution >= 0.6 is 0 Å². The SMILES string of the molecule is CC(C)[C@@H]1CC[C@@H](C)C[C@H]1OC(=O)CCC(=O)NCCN(CCNC(=O)CCC(=O)O[C@@H]1C[C@H](C)CC[C@H]1C(C)C)CCNC(=O)CCC(=O)O[C@@H]1C[C@H](C)CC[C@H]1C(C)C. The zero-order valence-corrected chi connectivity index (χ0v) is 39.4. The van der Waals surface area contributed by atoms with Crippen LogP contribution in [0.3, 0.4) is 0 Å². The summed E-state index contributed by atoms with van der Waals surface area (Å²) in [5, 5.41) is 8.69. The largest absolute Gasteiger partial charge is 0.462 e. The summed E-state index contributed by atoms with van der Waals surface area (Å²) in [6.45, 7) is 21.8. The van der Waals surface area contributed by atoms with E-state index >= 15 is 0 Å². The molecule has 3 saturated carbocycles. The van der Waals surface area contributed by atoms with Gasteiger partial charge in [-0.05, 0) is 91.8 Å². The lowest BCUT2D eigenvalue weighted by Gasteiger charge is -2.36. The predicted octanol–water partition coefficient (Wildman–Crippen LogP) is 6.99. The second-order valence-electron chi connectivity index (χ2n) is 20.0. The van der Waals surface area contributed by atoms with Crippen molar-refractivity contribution < 1.29 is 43.0 Å². The molecule has 13 nitrogen and oxygen atoms in total. The van der Waals surface area contributed by atoms with Crippen LogP contribution in [0.15, 0.2) is 0 Å². The van der Waals surface area contributed by atoms with E-state index < -0.39 is 0 Å². The first kappa shape index (κ1) is 52.1. The van der Waals surface area contributed by atoms with Crippen molar-refractivity contribution in [1.82, 2.24) is 20.9 Å². The highest BCUT2D eigenvalue weighted by molar-refractivity contribution is 5.82. The Kier molecular flexibility index (Phi) is 23.1. The van der Waals surface area contributed by atoms with Crippen LogP contribution in [0.5, 0.6) is 0 Å². The van der Waals surface area contributed by atoms with E-state index in [-0.39, 0.29) is 92.5 Å². The van der Waals surface area contributed by atoms with Gasteiger partial charge in [-0.2, -0.15) is 0 Å². The third-order valence-electron chi connectivity index (χ3n) is 13.7. The van der Waals surface area contributed by atoms with Crippen LogP contribution in [0.4, 0.5) is 0 Å². The van der Waals surface area contributed by atoms with Crippen LogP contribution in [0.1, 0.15) is 159 Å². The molecule has 3 N–H and O–H groups in total. The molecule has 3 amide bonds. The van der Waals surface area contributed by atoms with Gasteiger partial charge in [-0.15, -0.1) is 0 Å². The van der Waals surface area contributed by atoms with Crippen molar-refractivity contribution >= 4 is 35.6 Å². The standard InChI is InChI=1S/C48H84N4O9/c1-31(2)37-13-10-34(7)28-40(37)59-46(56)19-16-43(53)49-22-25-52(26-23-50-44(54)17-20-47(57)60-41-29-35(8)11-14-38(41)32(3)4)27-24-51-45(55)18-21-48(58)61-42-30-36(9)12-15-39(42)33(5)6/h31-42H,10-30H2,1-9H3,(H,49,53)(H,50,54)(H,51,55)/t34-,35-,36-,37+,38+,39+,40-,41-,42-/m1/s1. The third-order valence-corrected chi connectivity index (χ3v) is 13.7. The van der Waals surface area contributed by atoms with Crippen molar-refractivity contribution in [3.05, 3.63) is 0 Å². The highest BCUT2D eigenvalue weighted by atomic mass is 16.6. The second kappa shape index (κ2) is 27.1. The van der Waals surface area contributed by atoms with Crippen molar-refractivity contribution in [3.63, 3.8) is 0 Å². The minimum atomic E-state index is -0.346. The highest BCUT2D eigenvalue weighted by Gasteiger charge is 2.36. The summed E-state index contributed by atoms with van der Waals surface area (Å²) >= 11 is 0. The summed E-state index contributed by atoms with van der Waals surface area (Å²) in [7, 11) is 0. The molecule has 0 aromatic rings. The Morgan fingerprint density at radius 2 is 0.705 bits per heavy atom. The number of hydrogen-bond donors (Lipinski definition) is 3. The Morgan fingerprint density at radius 3 is 0.951 bits per heavy atom. The number of esters is 3. The van der Waals surface area contributed by atoms with E-state index in [0.717, 1.165) is 57.8 Å². The molecule has 0 bridgehead atoms. The molecule has 0 spiro atoms. The molecule has 0 aromatic carbocycles. The minimum Gasteiger partial charge on any atom is -0.462 e. The Hall–Kier alpha value is -3.22. The maximum Gasteiger partial charge on any atom is 0.306 e. The molecule has 0 aromatic heterocycles. The monoisotopic (exact) mass is 861 g/mol. The quantitative estimate of drug-likeness (QED) is 0.0680. The fourth-order valence-electron chi connectivity index (χ4n) is 9.74. The number of hydrogen-bond acceptors (Lipinski definition) is 10. The number of nitrogens with zero attached hydrogens (tertiary/aromatic N) is 1. The third kappa shape index (κ3) is 19.8. The van der Waals surface area contributed by atoms with Gasteiger partial charge < -0.3 is 30.2 Å². The van der Waals surface area contributed by atoms with Gasteiger partial charge in [-0.1, -0.05) is 81.6 Å². The Balaban J connectivity index is 1.44. The molecule has 13 heteroatoms. The average molecular weight is 861 g/mol. The van der Waals surface area contributed by atoms with Gasteiger partial charge in [0.2, 0.25) is 17.7 Å². The van der Waals surface area contributed by atoms with E-state index in [9.17, 15) is 28.8 Å². The van der Waals surface area contributed by atoms with Gasteiger partial charge in [-0.25, -0.2) is 0 Å². The number of nitrogens with one attached hydrogen (secondary N) is 3. The summed E-state index contributed by atoms with van der Waals surface area (Å²) in [5.41, 5.74) is 0. The van der Waals surface area contributed by atoms with Crippen molar-refractivity contribution in [3.8, 4) is 0 Å². The van der Waals surface area contributed by atoms with Crippen LogP contribution in [-0.2, 0) is 43.0 Å². The van der Waals surface area contributed by atoms with Crippen molar-refractivity contribution in [2.75, 3.05) is 39.3 Å². The van der Waals surface area contributed by atoms with Gasteiger partial charge in [0.05, 0.1) is 19.3 Å². The van der Waals surface area contributed by atoms with E-state index in [2.05, 4.69) is 78.3 Å². The molecule has 9 atom stereocenters. The summed E-state index contributed by atoms with van der Waals surface area (Å²) < 4.78 is 17.6. The molecule has 0 heterocycles. The zero-order chi connectivity index (χ0) is 45.1. The smallest absolute Gasteiger partial charge is 0.306 e. The molecular weight excluding hydrogens is 777 g/mol. The molecule has 3 rings (SSSR count). The lowest BCUT2D eigenvalue weighted by Crippen LogP contribution is -2.43. The molecule has 0 aliphatic heterocycles. The van der Waals surface area contributed by atoms with Gasteiger partial charge in [0.25, 0.3) is 0 Å². The minimum absolute atomic E-state index is 0.0144. The number of carbonyl (C=O) groups is 6. The van der Waals surface area contributed by atoms with Crippen molar-refractivity contribution in [2.45, 2.75) is 177 Å². The fourth-order valence-corrected chi connectivity index (χ4v) is 9.74. The number of rotatable bonds is 24. The maximum atomic E-state index is 12.8. The van der Waals surface area contributed by atoms with E-state index in [0.29, 0.717) is 92.5 Å². The Labute approximate surface area is 368 Å². The predicted molar refractivity (Wildman–Crippen MR) is 237 cm³/mol. The van der Waals surface area contributed by atoms with Crippen LogP contribution in [0.2, 0.25) is 0 Å². The zero-order valence-electron chi connectivity index (χ0n) is 39.4. The molecule has 0 saturated heterocycles. The summed E-state index contributed by atoms with van der Waals surface area (Å²) in [6.07, 6.45) is 8.91. The second-order valence-corrected chi connectivity index (χ2v) is 20.0. The van der Waals surface area contributed by atoms with Crippen LogP contribution in [0, 0.1) is 53.3 Å². The van der Waals surface area contributed by atoms with Gasteiger partial charge in [0.15, 0.2) is 0 Å². The molecular formula is C48H84N4O9. The lowest BCUT2D eigenvalue weighted by atomic mass is 9.75. The normalized spacial score (nSPS) is 26.8. The van der Waals surface area contributed by atoms with Crippen LogP contribution in [0.25, 0.3) is 0 Å².